The summed E-state index contributed by atoms with van der Waals surface area (Å²) < 4.78 is 6.16. The van der Waals surface area contributed by atoms with E-state index in [2.05, 4.69) is 5.32 Å². The summed E-state index contributed by atoms with van der Waals surface area (Å²) in [6.45, 7) is 4.36. The molecule has 2 unspecified atom stereocenters. The van der Waals surface area contributed by atoms with Gasteiger partial charge in [0.05, 0.1) is 24.5 Å². The van der Waals surface area contributed by atoms with Crippen molar-refractivity contribution in [2.24, 2.45) is 11.8 Å². The summed E-state index contributed by atoms with van der Waals surface area (Å²) in [5.41, 5.74) is -0.663. The van der Waals surface area contributed by atoms with Crippen LogP contribution in [-0.4, -0.2) is 72.0 Å². The quantitative estimate of drug-likeness (QED) is 0.731. The Morgan fingerprint density at radius 2 is 2.00 bits per heavy atom. The van der Waals surface area contributed by atoms with E-state index < -0.39 is 17.4 Å². The second-order valence-corrected chi connectivity index (χ2v) is 7.88. The van der Waals surface area contributed by atoms with E-state index in [9.17, 15) is 14.4 Å². The lowest BCUT2D eigenvalue weighted by Crippen LogP contribution is -2.46. The smallest absolute Gasteiger partial charge is 0.230 e. The van der Waals surface area contributed by atoms with Crippen LogP contribution < -0.4 is 5.32 Å². The van der Waals surface area contributed by atoms with Gasteiger partial charge in [-0.2, -0.15) is 0 Å². The molecule has 1 N–H and O–H groups in total. The van der Waals surface area contributed by atoms with Crippen molar-refractivity contribution in [3.63, 3.8) is 0 Å². The molecule has 3 saturated heterocycles. The van der Waals surface area contributed by atoms with Crippen LogP contribution in [0.2, 0.25) is 0 Å². The molecule has 0 saturated carbocycles. The molecule has 0 aromatic heterocycles. The van der Waals surface area contributed by atoms with Crippen LogP contribution in [0.1, 0.15) is 32.6 Å². The van der Waals surface area contributed by atoms with E-state index in [-0.39, 0.29) is 23.8 Å². The number of hydrogen-bond donors (Lipinski definition) is 1. The van der Waals surface area contributed by atoms with Gasteiger partial charge in [-0.1, -0.05) is 25.0 Å². The molecule has 4 aliphatic heterocycles. The van der Waals surface area contributed by atoms with Crippen LogP contribution >= 0.6 is 0 Å². The third-order valence-corrected chi connectivity index (χ3v) is 6.14. The monoisotopic (exact) mass is 361 g/mol. The fourth-order valence-electron chi connectivity index (χ4n) is 4.92. The zero-order valence-electron chi connectivity index (χ0n) is 15.3. The number of carbonyl (C=O) groups excluding carboxylic acids is 3. The first-order valence-electron chi connectivity index (χ1n) is 9.71. The summed E-state index contributed by atoms with van der Waals surface area (Å²) in [5.74, 6) is -0.885. The molecule has 1 spiro atoms. The molecule has 4 atom stereocenters. The maximum Gasteiger partial charge on any atom is 0.230 e. The number of likely N-dealkylation sites (tertiary alicyclic amines) is 2. The number of nitrogens with one attached hydrogen (secondary N) is 1. The molecule has 0 aromatic carbocycles. The van der Waals surface area contributed by atoms with Gasteiger partial charge in [-0.05, 0) is 12.8 Å². The van der Waals surface area contributed by atoms with Gasteiger partial charge in [-0.15, -0.1) is 0 Å². The summed E-state index contributed by atoms with van der Waals surface area (Å²) in [5, 5.41) is 2.73. The number of fused-ring (bicyclic) bond motifs is 1. The molecule has 7 nitrogen and oxygen atoms in total. The number of carbonyl (C=O) groups is 3. The van der Waals surface area contributed by atoms with Crippen LogP contribution in [0.3, 0.4) is 0 Å². The van der Waals surface area contributed by atoms with Gasteiger partial charge in [0.1, 0.15) is 5.60 Å². The summed E-state index contributed by atoms with van der Waals surface area (Å²) in [6.07, 6.45) is 8.05. The minimum absolute atomic E-state index is 0.0182. The SMILES string of the molecule is CC(=O)NCCN1C[C@]23C=C[C@H](O2)C(C(=O)N2CCCCCC2)C3C1=O. The van der Waals surface area contributed by atoms with Gasteiger partial charge in [0.2, 0.25) is 17.7 Å². The Balaban J connectivity index is 1.50. The number of hydrogen-bond acceptors (Lipinski definition) is 4. The van der Waals surface area contributed by atoms with Crippen molar-refractivity contribution in [2.45, 2.75) is 44.3 Å². The van der Waals surface area contributed by atoms with Gasteiger partial charge in [-0.25, -0.2) is 0 Å². The van der Waals surface area contributed by atoms with E-state index in [0.29, 0.717) is 19.6 Å². The minimum Gasteiger partial charge on any atom is -0.360 e. The molecule has 4 rings (SSSR count). The van der Waals surface area contributed by atoms with Gasteiger partial charge < -0.3 is 19.9 Å². The van der Waals surface area contributed by atoms with Crippen molar-refractivity contribution in [1.29, 1.82) is 0 Å². The maximum absolute atomic E-state index is 13.2. The predicted molar refractivity (Wildman–Crippen MR) is 94.0 cm³/mol. The Morgan fingerprint density at radius 1 is 1.27 bits per heavy atom. The summed E-state index contributed by atoms with van der Waals surface area (Å²) in [4.78, 5) is 41.0. The average molecular weight is 361 g/mol. The first-order chi connectivity index (χ1) is 12.5. The Bertz CT molecular complexity index is 641. The van der Waals surface area contributed by atoms with E-state index >= 15 is 0 Å². The van der Waals surface area contributed by atoms with Crippen molar-refractivity contribution in [3.8, 4) is 0 Å². The van der Waals surface area contributed by atoms with E-state index in [0.717, 1.165) is 38.8 Å². The van der Waals surface area contributed by atoms with Crippen molar-refractivity contribution in [1.82, 2.24) is 15.1 Å². The van der Waals surface area contributed by atoms with Crippen LogP contribution in [-0.2, 0) is 19.1 Å². The Labute approximate surface area is 153 Å². The van der Waals surface area contributed by atoms with Crippen LogP contribution in [0.4, 0.5) is 0 Å². The van der Waals surface area contributed by atoms with Crippen LogP contribution in [0.25, 0.3) is 0 Å². The van der Waals surface area contributed by atoms with E-state index in [1.165, 1.54) is 6.92 Å². The zero-order chi connectivity index (χ0) is 18.3. The minimum atomic E-state index is -0.663. The second-order valence-electron chi connectivity index (χ2n) is 7.88. The standard InChI is InChI=1S/C19H27N3O4/c1-13(23)20-8-11-22-12-19-7-6-14(26-19)15(16(19)18(22)25)17(24)21-9-4-2-3-5-10-21/h6-7,14-16H,2-5,8-12H2,1H3,(H,20,23)/t14-,15?,16?,19-/m0/s1. The largest absolute Gasteiger partial charge is 0.360 e. The highest BCUT2D eigenvalue weighted by Gasteiger charge is 2.67. The van der Waals surface area contributed by atoms with Crippen LogP contribution in [0.15, 0.2) is 12.2 Å². The molecule has 3 amide bonds. The van der Waals surface area contributed by atoms with E-state index in [4.69, 9.17) is 4.74 Å². The van der Waals surface area contributed by atoms with Gasteiger partial charge >= 0.3 is 0 Å². The zero-order valence-corrected chi connectivity index (χ0v) is 15.3. The summed E-state index contributed by atoms with van der Waals surface area (Å²) >= 11 is 0. The lowest BCUT2D eigenvalue weighted by atomic mass is 9.76. The predicted octanol–water partition coefficient (Wildman–Crippen LogP) is 0.307. The lowest BCUT2D eigenvalue weighted by molar-refractivity contribution is -0.143. The molecular formula is C19H27N3O4. The molecule has 26 heavy (non-hydrogen) atoms. The molecular weight excluding hydrogens is 334 g/mol. The first-order valence-corrected chi connectivity index (χ1v) is 9.71. The number of nitrogens with zero attached hydrogens (tertiary/aromatic N) is 2. The molecule has 7 heteroatoms. The molecule has 2 bridgehead atoms. The molecule has 4 aliphatic rings. The maximum atomic E-state index is 13.2. The molecule has 3 fully saturated rings. The first kappa shape index (κ1) is 17.5. The van der Waals surface area contributed by atoms with Crippen LogP contribution in [0, 0.1) is 11.8 Å². The Morgan fingerprint density at radius 3 is 2.69 bits per heavy atom. The molecule has 0 aliphatic carbocycles. The van der Waals surface area contributed by atoms with Crippen molar-refractivity contribution >= 4 is 17.7 Å². The van der Waals surface area contributed by atoms with Gasteiger partial charge in [0.25, 0.3) is 0 Å². The lowest BCUT2D eigenvalue weighted by Gasteiger charge is -2.29. The highest BCUT2D eigenvalue weighted by molar-refractivity contribution is 5.93. The summed E-state index contributed by atoms with van der Waals surface area (Å²) in [6, 6.07) is 0. The number of rotatable bonds is 4. The third kappa shape index (κ3) is 2.82. The van der Waals surface area contributed by atoms with Crippen molar-refractivity contribution < 1.29 is 19.1 Å². The fraction of sp³-hybridized carbons (Fsp3) is 0.737. The third-order valence-electron chi connectivity index (χ3n) is 6.14. The number of ether oxygens (including phenoxy) is 1. The van der Waals surface area contributed by atoms with Crippen LogP contribution in [0.5, 0.6) is 0 Å². The molecule has 0 aromatic rings. The van der Waals surface area contributed by atoms with Gasteiger partial charge in [0, 0.05) is 33.1 Å². The number of amides is 3. The second kappa shape index (κ2) is 6.68. The van der Waals surface area contributed by atoms with Crippen molar-refractivity contribution in [2.75, 3.05) is 32.7 Å². The molecule has 142 valence electrons. The van der Waals surface area contributed by atoms with Gasteiger partial charge in [0.15, 0.2) is 0 Å². The van der Waals surface area contributed by atoms with Crippen molar-refractivity contribution in [3.05, 3.63) is 12.2 Å². The fourth-order valence-corrected chi connectivity index (χ4v) is 4.92. The highest BCUT2D eigenvalue weighted by atomic mass is 16.5. The molecule has 4 heterocycles. The molecule has 0 radical (unpaired) electrons. The Hall–Kier alpha value is -1.89. The van der Waals surface area contributed by atoms with E-state index in [1.54, 1.807) is 4.90 Å². The average Bonchev–Trinajstić information content (AvgIpc) is 3.13. The highest BCUT2D eigenvalue weighted by Crippen LogP contribution is 2.52. The normalized spacial score (nSPS) is 35.6. The summed E-state index contributed by atoms with van der Waals surface area (Å²) in [7, 11) is 0. The van der Waals surface area contributed by atoms with E-state index in [1.807, 2.05) is 17.1 Å². The van der Waals surface area contributed by atoms with Gasteiger partial charge in [-0.3, -0.25) is 14.4 Å². The topological polar surface area (TPSA) is 79.0 Å². The Kier molecular flexibility index (Phi) is 4.50.